The maximum Gasteiger partial charge on any atom is 0.230 e. The molecule has 1 aliphatic rings. The van der Waals surface area contributed by atoms with E-state index < -0.39 is 0 Å². The van der Waals surface area contributed by atoms with Crippen LogP contribution in [0.15, 0.2) is 0 Å². The summed E-state index contributed by atoms with van der Waals surface area (Å²) < 4.78 is 0. The molecule has 1 saturated carbocycles. The molecule has 1 aliphatic carbocycles. The van der Waals surface area contributed by atoms with Gasteiger partial charge in [-0.25, -0.2) is 0 Å². The van der Waals surface area contributed by atoms with Gasteiger partial charge < -0.3 is 10.6 Å². The first kappa shape index (κ1) is 15.0. The van der Waals surface area contributed by atoms with Crippen LogP contribution in [0.3, 0.4) is 0 Å². The van der Waals surface area contributed by atoms with Crippen molar-refractivity contribution in [3.63, 3.8) is 0 Å². The molecular weight excluding hydrogens is 226 g/mol. The van der Waals surface area contributed by atoms with Crippen LogP contribution in [0, 0.1) is 22.7 Å². The normalized spacial score (nSPS) is 29.4. The van der Waals surface area contributed by atoms with Crippen molar-refractivity contribution in [2.75, 3.05) is 13.6 Å². The van der Waals surface area contributed by atoms with Gasteiger partial charge in [-0.3, -0.25) is 4.79 Å². The number of amides is 1. The first-order valence-electron chi connectivity index (χ1n) is 6.81. The molecule has 0 aromatic heterocycles. The van der Waals surface area contributed by atoms with E-state index >= 15 is 0 Å². The van der Waals surface area contributed by atoms with Gasteiger partial charge in [-0.15, -0.1) is 0 Å². The molecule has 0 aromatic carbocycles. The van der Waals surface area contributed by atoms with E-state index in [0.717, 1.165) is 25.7 Å². The Bertz CT molecular complexity index is 326. The topological polar surface area (TPSA) is 70.1 Å². The molecule has 102 valence electrons. The monoisotopic (exact) mass is 251 g/mol. The number of hydrogen-bond acceptors (Lipinski definition) is 3. The average Bonchev–Trinajstić information content (AvgIpc) is 2.38. The lowest BCUT2D eigenvalue weighted by atomic mass is 9.70. The zero-order chi connectivity index (χ0) is 13.8. The molecule has 0 bridgehead atoms. The Morgan fingerprint density at radius 1 is 1.56 bits per heavy atom. The zero-order valence-corrected chi connectivity index (χ0v) is 11.8. The summed E-state index contributed by atoms with van der Waals surface area (Å²) in [5, 5.41) is 8.72. The van der Waals surface area contributed by atoms with Gasteiger partial charge >= 0.3 is 0 Å². The van der Waals surface area contributed by atoms with E-state index in [4.69, 9.17) is 11.0 Å². The van der Waals surface area contributed by atoms with Crippen LogP contribution < -0.4 is 5.73 Å². The predicted octanol–water partition coefficient (Wildman–Crippen LogP) is 1.90. The van der Waals surface area contributed by atoms with E-state index in [1.165, 1.54) is 0 Å². The molecule has 0 spiro atoms. The highest BCUT2D eigenvalue weighted by Crippen LogP contribution is 2.39. The lowest BCUT2D eigenvalue weighted by Gasteiger charge is -2.41. The second kappa shape index (κ2) is 6.19. The van der Waals surface area contributed by atoms with Gasteiger partial charge in [-0.1, -0.05) is 6.92 Å². The van der Waals surface area contributed by atoms with Crippen molar-refractivity contribution in [2.24, 2.45) is 17.1 Å². The molecule has 1 rings (SSSR count). The fourth-order valence-electron chi connectivity index (χ4n) is 2.66. The van der Waals surface area contributed by atoms with Crippen LogP contribution in [0.1, 0.15) is 46.0 Å². The number of carbonyl (C=O) groups excluding carboxylic acids is 1. The molecule has 2 N–H and O–H groups in total. The summed E-state index contributed by atoms with van der Waals surface area (Å²) >= 11 is 0. The standard InChI is InChI=1S/C14H25N3O/c1-11-4-7-14(10-16,8-5-11)13(18)17(3)12(2)6-9-15/h11-12H,4-8,10,16H2,1-3H3. The summed E-state index contributed by atoms with van der Waals surface area (Å²) in [7, 11) is 1.79. The van der Waals surface area contributed by atoms with Crippen molar-refractivity contribution in [3.05, 3.63) is 0 Å². The van der Waals surface area contributed by atoms with Crippen LogP contribution >= 0.6 is 0 Å². The van der Waals surface area contributed by atoms with Crippen molar-refractivity contribution >= 4 is 5.91 Å². The fraction of sp³-hybridized carbons (Fsp3) is 0.857. The van der Waals surface area contributed by atoms with Crippen LogP contribution in [-0.4, -0.2) is 30.4 Å². The third-order valence-corrected chi connectivity index (χ3v) is 4.44. The van der Waals surface area contributed by atoms with E-state index in [0.29, 0.717) is 18.9 Å². The molecule has 0 saturated heterocycles. The Labute approximate surface area is 110 Å². The number of hydrogen-bond donors (Lipinski definition) is 1. The van der Waals surface area contributed by atoms with Gasteiger partial charge in [-0.2, -0.15) is 5.26 Å². The molecule has 18 heavy (non-hydrogen) atoms. The second-order valence-corrected chi connectivity index (χ2v) is 5.79. The van der Waals surface area contributed by atoms with Gasteiger partial charge in [0, 0.05) is 19.6 Å². The largest absolute Gasteiger partial charge is 0.341 e. The van der Waals surface area contributed by atoms with Gasteiger partial charge in [0.2, 0.25) is 5.91 Å². The molecule has 1 amide bonds. The summed E-state index contributed by atoms with van der Waals surface area (Å²) in [4.78, 5) is 14.3. The van der Waals surface area contributed by atoms with Crippen LogP contribution in [0.4, 0.5) is 0 Å². The van der Waals surface area contributed by atoms with Gasteiger partial charge in [0.1, 0.15) is 0 Å². The lowest BCUT2D eigenvalue weighted by Crippen LogP contribution is -2.50. The number of rotatable bonds is 4. The third kappa shape index (κ3) is 3.02. The smallest absolute Gasteiger partial charge is 0.230 e. The quantitative estimate of drug-likeness (QED) is 0.829. The van der Waals surface area contributed by atoms with Gasteiger partial charge in [0.15, 0.2) is 0 Å². The first-order valence-corrected chi connectivity index (χ1v) is 6.81. The zero-order valence-electron chi connectivity index (χ0n) is 11.8. The van der Waals surface area contributed by atoms with E-state index in [2.05, 4.69) is 13.0 Å². The highest BCUT2D eigenvalue weighted by molar-refractivity contribution is 5.83. The lowest BCUT2D eigenvalue weighted by molar-refractivity contribution is -0.144. The van der Waals surface area contributed by atoms with Crippen LogP contribution in [0.25, 0.3) is 0 Å². The van der Waals surface area contributed by atoms with E-state index in [1.807, 2.05) is 6.92 Å². The molecule has 0 radical (unpaired) electrons. The Balaban J connectivity index is 2.76. The van der Waals surface area contributed by atoms with Gasteiger partial charge in [0.05, 0.1) is 17.9 Å². The summed E-state index contributed by atoms with van der Waals surface area (Å²) in [6.45, 7) is 4.56. The Kier molecular flexibility index (Phi) is 5.15. The SMILES string of the molecule is CC1CCC(CN)(C(=O)N(C)C(C)CC#N)CC1. The van der Waals surface area contributed by atoms with Crippen molar-refractivity contribution < 1.29 is 4.79 Å². The van der Waals surface area contributed by atoms with E-state index in [-0.39, 0.29) is 17.4 Å². The molecule has 1 fully saturated rings. The maximum absolute atomic E-state index is 12.6. The van der Waals surface area contributed by atoms with Crippen molar-refractivity contribution in [1.29, 1.82) is 5.26 Å². The summed E-state index contributed by atoms with van der Waals surface area (Å²) in [6.07, 6.45) is 4.28. The number of nitrogens with zero attached hydrogens (tertiary/aromatic N) is 2. The van der Waals surface area contributed by atoms with Crippen LogP contribution in [0.5, 0.6) is 0 Å². The molecule has 1 unspecified atom stereocenters. The molecule has 1 atom stereocenters. The summed E-state index contributed by atoms with van der Waals surface area (Å²) in [5.41, 5.74) is 5.50. The minimum atomic E-state index is -0.384. The molecule has 4 heteroatoms. The van der Waals surface area contributed by atoms with Crippen molar-refractivity contribution in [3.8, 4) is 6.07 Å². The third-order valence-electron chi connectivity index (χ3n) is 4.44. The Morgan fingerprint density at radius 2 is 2.11 bits per heavy atom. The second-order valence-electron chi connectivity index (χ2n) is 5.79. The minimum absolute atomic E-state index is 0.0368. The molecular formula is C14H25N3O. The maximum atomic E-state index is 12.6. The number of nitrogens with two attached hydrogens (primary N) is 1. The molecule has 0 aliphatic heterocycles. The van der Waals surface area contributed by atoms with Gasteiger partial charge in [0.25, 0.3) is 0 Å². The fourth-order valence-corrected chi connectivity index (χ4v) is 2.66. The van der Waals surface area contributed by atoms with Gasteiger partial charge in [-0.05, 0) is 38.5 Å². The highest BCUT2D eigenvalue weighted by atomic mass is 16.2. The Hall–Kier alpha value is -1.08. The number of nitriles is 1. The average molecular weight is 251 g/mol. The van der Waals surface area contributed by atoms with E-state index in [9.17, 15) is 4.79 Å². The predicted molar refractivity (Wildman–Crippen MR) is 71.6 cm³/mol. The number of carbonyl (C=O) groups is 1. The van der Waals surface area contributed by atoms with Crippen LogP contribution in [-0.2, 0) is 4.79 Å². The molecule has 4 nitrogen and oxygen atoms in total. The van der Waals surface area contributed by atoms with Crippen LogP contribution in [0.2, 0.25) is 0 Å². The summed E-state index contributed by atoms with van der Waals surface area (Å²) in [5.74, 6) is 0.818. The first-order chi connectivity index (χ1) is 8.46. The van der Waals surface area contributed by atoms with Crippen molar-refractivity contribution in [1.82, 2.24) is 4.90 Å². The molecule has 0 heterocycles. The molecule has 0 aromatic rings. The minimum Gasteiger partial charge on any atom is -0.341 e. The van der Waals surface area contributed by atoms with Crippen molar-refractivity contribution in [2.45, 2.75) is 52.0 Å². The summed E-state index contributed by atoms with van der Waals surface area (Å²) in [6, 6.07) is 2.08. The highest BCUT2D eigenvalue weighted by Gasteiger charge is 2.42. The van der Waals surface area contributed by atoms with E-state index in [1.54, 1.807) is 11.9 Å². The Morgan fingerprint density at radius 3 is 2.56 bits per heavy atom.